The fourth-order valence-electron chi connectivity index (χ4n) is 2.32. The van der Waals surface area contributed by atoms with Crippen molar-refractivity contribution in [3.05, 3.63) is 34.6 Å². The topological polar surface area (TPSA) is 41.1 Å². The van der Waals surface area contributed by atoms with Crippen LogP contribution in [0.3, 0.4) is 0 Å². The number of carbonyl (C=O) groups excluding carboxylic acids is 1. The number of benzene rings is 1. The zero-order valence-corrected chi connectivity index (χ0v) is 12.9. The van der Waals surface area contributed by atoms with Crippen LogP contribution in [0.25, 0.3) is 0 Å². The lowest BCUT2D eigenvalue weighted by atomic mass is 10.1. The van der Waals surface area contributed by atoms with E-state index in [4.69, 9.17) is 11.6 Å². The van der Waals surface area contributed by atoms with Crippen molar-refractivity contribution >= 4 is 29.9 Å². The molecule has 2 unspecified atom stereocenters. The zero-order chi connectivity index (χ0) is 13.8. The van der Waals surface area contributed by atoms with Gasteiger partial charge in [-0.05, 0) is 44.0 Å². The average molecular weight is 321 g/mol. The molecule has 2 N–H and O–H groups in total. The predicted molar refractivity (Wildman–Crippen MR) is 80.9 cm³/mol. The van der Waals surface area contributed by atoms with Crippen LogP contribution >= 0.6 is 24.0 Å². The fourth-order valence-corrected chi connectivity index (χ4v) is 2.51. The van der Waals surface area contributed by atoms with E-state index in [2.05, 4.69) is 10.6 Å². The van der Waals surface area contributed by atoms with Crippen LogP contribution in [0.5, 0.6) is 0 Å². The van der Waals surface area contributed by atoms with Crippen molar-refractivity contribution in [2.45, 2.75) is 38.3 Å². The molecule has 0 aliphatic carbocycles. The second kappa shape index (κ2) is 7.81. The van der Waals surface area contributed by atoms with E-state index in [0.717, 1.165) is 24.9 Å². The molecule has 112 valence electrons. The predicted octanol–water partition coefficient (Wildman–Crippen LogP) is 3.22. The van der Waals surface area contributed by atoms with Crippen molar-refractivity contribution in [1.29, 1.82) is 0 Å². The molecule has 1 aromatic carbocycles. The first-order valence-electron chi connectivity index (χ1n) is 6.54. The van der Waals surface area contributed by atoms with E-state index in [0.29, 0.717) is 6.42 Å². The molecule has 1 saturated heterocycles. The zero-order valence-electron chi connectivity index (χ0n) is 11.3. The van der Waals surface area contributed by atoms with Gasteiger partial charge in [-0.2, -0.15) is 0 Å². The Hall–Kier alpha value is -0.840. The number of hydrogen-bond donors (Lipinski definition) is 2. The third-order valence-electron chi connectivity index (χ3n) is 3.42. The summed E-state index contributed by atoms with van der Waals surface area (Å²) < 4.78 is 13.1. The van der Waals surface area contributed by atoms with Crippen LogP contribution in [-0.2, 0) is 4.79 Å². The second-order valence-electron chi connectivity index (χ2n) is 4.96. The number of carbonyl (C=O) groups is 1. The van der Waals surface area contributed by atoms with E-state index in [1.54, 1.807) is 12.1 Å². The molecule has 0 spiro atoms. The highest BCUT2D eigenvalue weighted by atomic mass is 35.5. The highest BCUT2D eigenvalue weighted by molar-refractivity contribution is 6.30. The van der Waals surface area contributed by atoms with Gasteiger partial charge in [0, 0.05) is 12.5 Å². The highest BCUT2D eigenvalue weighted by Crippen LogP contribution is 2.21. The molecular formula is C14H19Cl2FN2O. The fraction of sp³-hybridized carbons (Fsp3) is 0.500. The van der Waals surface area contributed by atoms with Crippen LogP contribution in [0, 0.1) is 5.82 Å². The van der Waals surface area contributed by atoms with Crippen LogP contribution in [0.4, 0.5) is 4.39 Å². The Morgan fingerprint density at radius 2 is 2.35 bits per heavy atom. The molecule has 2 rings (SSSR count). The molecule has 1 fully saturated rings. The largest absolute Gasteiger partial charge is 0.350 e. The minimum atomic E-state index is -0.445. The molecule has 0 aromatic heterocycles. The molecule has 0 saturated carbocycles. The average Bonchev–Trinajstić information content (AvgIpc) is 2.85. The molecular weight excluding hydrogens is 302 g/mol. The molecule has 3 nitrogen and oxygen atoms in total. The van der Waals surface area contributed by atoms with E-state index in [1.165, 1.54) is 6.07 Å². The second-order valence-corrected chi connectivity index (χ2v) is 5.37. The summed E-state index contributed by atoms with van der Waals surface area (Å²) in [4.78, 5) is 11.9. The Labute approximate surface area is 129 Å². The van der Waals surface area contributed by atoms with E-state index < -0.39 is 5.82 Å². The molecule has 6 heteroatoms. The molecule has 1 amide bonds. The van der Waals surface area contributed by atoms with E-state index in [9.17, 15) is 9.18 Å². The lowest BCUT2D eigenvalue weighted by Crippen LogP contribution is -2.33. The van der Waals surface area contributed by atoms with Crippen molar-refractivity contribution in [3.63, 3.8) is 0 Å². The Kier molecular flexibility index (Phi) is 6.72. The molecule has 1 aliphatic heterocycles. The van der Waals surface area contributed by atoms with Gasteiger partial charge in [-0.1, -0.05) is 17.7 Å². The lowest BCUT2D eigenvalue weighted by molar-refractivity contribution is -0.122. The summed E-state index contributed by atoms with van der Waals surface area (Å²) in [6.45, 7) is 2.85. The molecule has 0 radical (unpaired) electrons. The van der Waals surface area contributed by atoms with Gasteiger partial charge in [0.25, 0.3) is 0 Å². The van der Waals surface area contributed by atoms with E-state index in [-0.39, 0.29) is 35.4 Å². The first kappa shape index (κ1) is 17.2. The van der Waals surface area contributed by atoms with Crippen molar-refractivity contribution in [1.82, 2.24) is 10.6 Å². The summed E-state index contributed by atoms with van der Waals surface area (Å²) in [6.07, 6.45) is 2.66. The lowest BCUT2D eigenvalue weighted by Gasteiger charge is -2.16. The number of halogens is 3. The highest BCUT2D eigenvalue weighted by Gasteiger charge is 2.19. The maximum Gasteiger partial charge on any atom is 0.222 e. The number of nitrogens with one attached hydrogen (secondary N) is 2. The summed E-state index contributed by atoms with van der Waals surface area (Å²) >= 11 is 5.73. The van der Waals surface area contributed by atoms with E-state index >= 15 is 0 Å². The van der Waals surface area contributed by atoms with Gasteiger partial charge in [0.1, 0.15) is 5.82 Å². The molecule has 1 aliphatic rings. The third kappa shape index (κ3) is 4.62. The van der Waals surface area contributed by atoms with Crippen molar-refractivity contribution in [3.8, 4) is 0 Å². The Balaban J connectivity index is 0.00000200. The van der Waals surface area contributed by atoms with Crippen LogP contribution in [-0.4, -0.2) is 18.5 Å². The minimum Gasteiger partial charge on any atom is -0.350 e. The summed E-state index contributed by atoms with van der Waals surface area (Å²) in [5, 5.41) is 6.27. The van der Waals surface area contributed by atoms with Crippen LogP contribution < -0.4 is 10.6 Å². The Bertz CT molecular complexity index is 464. The molecule has 20 heavy (non-hydrogen) atoms. The quantitative estimate of drug-likeness (QED) is 0.894. The Morgan fingerprint density at radius 1 is 1.60 bits per heavy atom. The number of hydrogen-bond acceptors (Lipinski definition) is 2. The van der Waals surface area contributed by atoms with Crippen molar-refractivity contribution in [2.75, 3.05) is 6.54 Å². The third-order valence-corrected chi connectivity index (χ3v) is 3.70. The smallest absolute Gasteiger partial charge is 0.222 e. The molecule has 1 heterocycles. The van der Waals surface area contributed by atoms with Gasteiger partial charge in [-0.25, -0.2) is 4.39 Å². The molecule has 1 aromatic rings. The summed E-state index contributed by atoms with van der Waals surface area (Å²) in [6, 6.07) is 4.62. The van der Waals surface area contributed by atoms with Gasteiger partial charge < -0.3 is 10.6 Å². The van der Waals surface area contributed by atoms with Crippen molar-refractivity contribution in [2.24, 2.45) is 0 Å². The van der Waals surface area contributed by atoms with E-state index in [1.807, 2.05) is 6.92 Å². The van der Waals surface area contributed by atoms with Crippen LogP contribution in [0.1, 0.15) is 37.8 Å². The van der Waals surface area contributed by atoms with Gasteiger partial charge in [-0.15, -0.1) is 12.4 Å². The maximum atomic E-state index is 13.1. The first-order valence-corrected chi connectivity index (χ1v) is 6.92. The standard InChI is InChI=1S/C14H18ClFN2O.ClH/c1-9(10-4-5-13(16)12(15)7-10)18-14(19)8-11-3-2-6-17-11;/h4-5,7,9,11,17H,2-3,6,8H2,1H3,(H,18,19);1H. The first-order chi connectivity index (χ1) is 9.06. The summed E-state index contributed by atoms with van der Waals surface area (Å²) in [7, 11) is 0. The monoisotopic (exact) mass is 320 g/mol. The number of amides is 1. The maximum absolute atomic E-state index is 13.1. The van der Waals surface area contributed by atoms with Crippen molar-refractivity contribution < 1.29 is 9.18 Å². The SMILES string of the molecule is CC(NC(=O)CC1CCCN1)c1ccc(F)c(Cl)c1.Cl. The minimum absolute atomic E-state index is 0. The number of rotatable bonds is 4. The van der Waals surface area contributed by atoms with Gasteiger partial charge in [0.15, 0.2) is 0 Å². The van der Waals surface area contributed by atoms with Gasteiger partial charge in [0.2, 0.25) is 5.91 Å². The van der Waals surface area contributed by atoms with Gasteiger partial charge >= 0.3 is 0 Å². The molecule has 0 bridgehead atoms. The normalized spacial score (nSPS) is 19.2. The van der Waals surface area contributed by atoms with Gasteiger partial charge in [-0.3, -0.25) is 4.79 Å². The Morgan fingerprint density at radius 3 is 2.95 bits per heavy atom. The summed E-state index contributed by atoms with van der Waals surface area (Å²) in [5.41, 5.74) is 0.805. The van der Waals surface area contributed by atoms with Gasteiger partial charge in [0.05, 0.1) is 11.1 Å². The van der Waals surface area contributed by atoms with Crippen LogP contribution in [0.2, 0.25) is 5.02 Å². The summed E-state index contributed by atoms with van der Waals surface area (Å²) in [5.74, 6) is -0.438. The molecule has 2 atom stereocenters. The van der Waals surface area contributed by atoms with Crippen LogP contribution in [0.15, 0.2) is 18.2 Å².